The Labute approximate surface area is 80.7 Å². The maximum absolute atomic E-state index is 10.2. The Morgan fingerprint density at radius 3 is 1.86 bits per heavy atom. The standard InChI is InChI=1S/C5H8O4.C3H4O2/c1-3(6)5(8)9-4(2)7;1-2-3(4)5/h4,6-7H,1H2,2H3;2H,1H2,(H,4,5). The van der Waals surface area contributed by atoms with Gasteiger partial charge in [0, 0.05) is 6.08 Å². The fourth-order valence-electron chi connectivity index (χ4n) is 0.223. The molecule has 0 aromatic rings. The molecule has 0 aromatic carbocycles. The smallest absolute Gasteiger partial charge is 0.375 e. The Morgan fingerprint density at radius 2 is 1.79 bits per heavy atom. The van der Waals surface area contributed by atoms with Gasteiger partial charge in [-0.1, -0.05) is 6.58 Å². The third kappa shape index (κ3) is 12.8. The summed E-state index contributed by atoms with van der Waals surface area (Å²) in [5, 5.41) is 24.3. The van der Waals surface area contributed by atoms with Gasteiger partial charge in [-0.2, -0.15) is 0 Å². The number of aliphatic carboxylic acids is 1. The number of carboxylic acids is 1. The topological polar surface area (TPSA) is 104 Å². The summed E-state index contributed by atoms with van der Waals surface area (Å²) in [6.45, 7) is 7.09. The summed E-state index contributed by atoms with van der Waals surface area (Å²) in [4.78, 5) is 19.5. The average molecular weight is 204 g/mol. The van der Waals surface area contributed by atoms with Crippen molar-refractivity contribution in [3.8, 4) is 0 Å². The lowest BCUT2D eigenvalue weighted by Gasteiger charge is -2.03. The molecule has 0 aliphatic heterocycles. The van der Waals surface area contributed by atoms with Crippen LogP contribution in [-0.4, -0.2) is 33.5 Å². The lowest BCUT2D eigenvalue weighted by atomic mass is 10.6. The van der Waals surface area contributed by atoms with Crippen molar-refractivity contribution in [2.45, 2.75) is 13.2 Å². The average Bonchev–Trinajstić information content (AvgIpc) is 2.04. The van der Waals surface area contributed by atoms with Crippen LogP contribution in [0.3, 0.4) is 0 Å². The molecule has 3 N–H and O–H groups in total. The van der Waals surface area contributed by atoms with Crippen molar-refractivity contribution < 1.29 is 29.6 Å². The molecule has 0 heterocycles. The van der Waals surface area contributed by atoms with Crippen LogP contribution in [0.5, 0.6) is 0 Å². The monoisotopic (exact) mass is 204 g/mol. The molecule has 0 aliphatic carbocycles. The number of hydrogen-bond acceptors (Lipinski definition) is 5. The molecular weight excluding hydrogens is 192 g/mol. The Kier molecular flexibility index (Phi) is 8.20. The van der Waals surface area contributed by atoms with E-state index in [0.29, 0.717) is 0 Å². The number of carbonyl (C=O) groups is 2. The van der Waals surface area contributed by atoms with Crippen molar-refractivity contribution in [1.82, 2.24) is 0 Å². The van der Waals surface area contributed by atoms with Crippen LogP contribution >= 0.6 is 0 Å². The number of esters is 1. The summed E-state index contributed by atoms with van der Waals surface area (Å²) < 4.78 is 4.08. The highest BCUT2D eigenvalue weighted by molar-refractivity contribution is 5.84. The summed E-state index contributed by atoms with van der Waals surface area (Å²) in [6, 6.07) is 0. The van der Waals surface area contributed by atoms with E-state index in [-0.39, 0.29) is 0 Å². The second kappa shape index (κ2) is 7.81. The molecule has 0 radical (unpaired) electrons. The fourth-order valence-corrected chi connectivity index (χ4v) is 0.223. The Hall–Kier alpha value is -1.82. The van der Waals surface area contributed by atoms with E-state index in [1.54, 1.807) is 0 Å². The molecule has 0 spiro atoms. The minimum atomic E-state index is -1.21. The van der Waals surface area contributed by atoms with Gasteiger partial charge >= 0.3 is 11.9 Å². The summed E-state index contributed by atoms with van der Waals surface area (Å²) in [5.74, 6) is -2.70. The van der Waals surface area contributed by atoms with Crippen molar-refractivity contribution in [3.05, 3.63) is 25.0 Å². The van der Waals surface area contributed by atoms with Crippen LogP contribution in [0.15, 0.2) is 25.0 Å². The summed E-state index contributed by atoms with van der Waals surface area (Å²) in [6.07, 6.45) is -0.374. The molecular formula is C8H12O6. The van der Waals surface area contributed by atoms with Crippen LogP contribution in [0, 0.1) is 0 Å². The molecule has 80 valence electrons. The Morgan fingerprint density at radius 1 is 1.43 bits per heavy atom. The second-order valence-electron chi connectivity index (χ2n) is 1.99. The molecule has 14 heavy (non-hydrogen) atoms. The van der Waals surface area contributed by atoms with Gasteiger partial charge in [-0.05, 0) is 13.5 Å². The molecule has 1 atom stereocenters. The Balaban J connectivity index is 0. The quantitative estimate of drug-likeness (QED) is 0.262. The molecule has 0 bridgehead atoms. The number of hydrogen-bond donors (Lipinski definition) is 3. The van der Waals surface area contributed by atoms with Gasteiger partial charge in [0.1, 0.15) is 0 Å². The van der Waals surface area contributed by atoms with Gasteiger partial charge in [-0.25, -0.2) is 9.59 Å². The largest absolute Gasteiger partial charge is 0.502 e. The highest BCUT2D eigenvalue weighted by atomic mass is 16.6. The predicted molar refractivity (Wildman–Crippen MR) is 47.4 cm³/mol. The zero-order chi connectivity index (χ0) is 11.7. The zero-order valence-corrected chi connectivity index (χ0v) is 7.64. The maximum atomic E-state index is 10.2. The van der Waals surface area contributed by atoms with E-state index in [4.69, 9.17) is 15.3 Å². The molecule has 0 saturated carbocycles. The van der Waals surface area contributed by atoms with Gasteiger partial charge in [0.25, 0.3) is 0 Å². The zero-order valence-electron chi connectivity index (χ0n) is 7.64. The third-order valence-corrected chi connectivity index (χ3v) is 0.688. The Bertz CT molecular complexity index is 230. The summed E-state index contributed by atoms with van der Waals surface area (Å²) in [5.41, 5.74) is 0. The number of carboxylic acid groups (broad SMARTS) is 1. The van der Waals surface area contributed by atoms with E-state index >= 15 is 0 Å². The number of aliphatic hydroxyl groups is 2. The minimum absolute atomic E-state index is 0.712. The number of ether oxygens (including phenoxy) is 1. The molecule has 0 aliphatic rings. The maximum Gasteiger partial charge on any atom is 0.375 e. The minimum Gasteiger partial charge on any atom is -0.502 e. The van der Waals surface area contributed by atoms with Crippen LogP contribution in [-0.2, 0) is 14.3 Å². The first-order valence-electron chi connectivity index (χ1n) is 3.43. The molecule has 6 heteroatoms. The molecule has 6 nitrogen and oxygen atoms in total. The van der Waals surface area contributed by atoms with E-state index in [0.717, 1.165) is 6.08 Å². The van der Waals surface area contributed by atoms with Gasteiger partial charge in [-0.3, -0.25) is 0 Å². The van der Waals surface area contributed by atoms with Crippen molar-refractivity contribution >= 4 is 11.9 Å². The highest BCUT2D eigenvalue weighted by Crippen LogP contribution is 1.91. The van der Waals surface area contributed by atoms with Crippen molar-refractivity contribution in [2.75, 3.05) is 0 Å². The van der Waals surface area contributed by atoms with Gasteiger partial charge in [0.2, 0.25) is 0 Å². The summed E-state index contributed by atoms with van der Waals surface area (Å²) >= 11 is 0. The number of rotatable bonds is 3. The number of aliphatic hydroxyl groups excluding tert-OH is 2. The van der Waals surface area contributed by atoms with E-state index in [1.165, 1.54) is 6.92 Å². The fraction of sp³-hybridized carbons (Fsp3) is 0.250. The number of carbonyl (C=O) groups excluding carboxylic acids is 1. The highest BCUT2D eigenvalue weighted by Gasteiger charge is 2.07. The summed E-state index contributed by atoms with van der Waals surface area (Å²) in [7, 11) is 0. The van der Waals surface area contributed by atoms with E-state index < -0.39 is 24.0 Å². The van der Waals surface area contributed by atoms with Gasteiger partial charge < -0.3 is 20.1 Å². The van der Waals surface area contributed by atoms with Crippen molar-refractivity contribution in [2.24, 2.45) is 0 Å². The van der Waals surface area contributed by atoms with E-state index in [1.807, 2.05) is 0 Å². The van der Waals surface area contributed by atoms with Crippen molar-refractivity contribution in [3.63, 3.8) is 0 Å². The molecule has 0 saturated heterocycles. The second-order valence-corrected chi connectivity index (χ2v) is 1.99. The first kappa shape index (κ1) is 14.7. The van der Waals surface area contributed by atoms with Gasteiger partial charge in [0.15, 0.2) is 12.0 Å². The molecule has 0 rings (SSSR count). The SMILES string of the molecule is C=C(O)C(=O)OC(C)O.C=CC(=O)O. The first-order valence-corrected chi connectivity index (χ1v) is 3.43. The first-order chi connectivity index (χ1) is 6.31. The lowest BCUT2D eigenvalue weighted by molar-refractivity contribution is -0.162. The van der Waals surface area contributed by atoms with Crippen LogP contribution in [0.1, 0.15) is 6.92 Å². The van der Waals surface area contributed by atoms with E-state index in [2.05, 4.69) is 17.9 Å². The third-order valence-electron chi connectivity index (χ3n) is 0.688. The van der Waals surface area contributed by atoms with Gasteiger partial charge in [-0.15, -0.1) is 0 Å². The molecule has 0 fully saturated rings. The van der Waals surface area contributed by atoms with Crippen molar-refractivity contribution in [1.29, 1.82) is 0 Å². The molecule has 0 amide bonds. The van der Waals surface area contributed by atoms with Crippen LogP contribution < -0.4 is 0 Å². The normalized spacial score (nSPS) is 10.1. The molecule has 0 aromatic heterocycles. The van der Waals surface area contributed by atoms with Crippen LogP contribution in [0.2, 0.25) is 0 Å². The van der Waals surface area contributed by atoms with Crippen LogP contribution in [0.4, 0.5) is 0 Å². The molecule has 1 unspecified atom stereocenters. The predicted octanol–water partition coefficient (Wildman–Crippen LogP) is 0.197. The lowest BCUT2D eigenvalue weighted by Crippen LogP contribution is -2.14. The van der Waals surface area contributed by atoms with Gasteiger partial charge in [0.05, 0.1) is 0 Å². The van der Waals surface area contributed by atoms with E-state index in [9.17, 15) is 9.59 Å². The van der Waals surface area contributed by atoms with Crippen LogP contribution in [0.25, 0.3) is 0 Å².